The first-order valence-electron chi connectivity index (χ1n) is 7.32. The lowest BCUT2D eigenvalue weighted by atomic mass is 10.3. The predicted octanol–water partition coefficient (Wildman–Crippen LogP) is 1.42. The summed E-state index contributed by atoms with van der Waals surface area (Å²) in [4.78, 5) is 20.3. The number of carbonyl (C=O) groups is 1. The van der Waals surface area contributed by atoms with E-state index in [2.05, 4.69) is 25.6 Å². The Morgan fingerprint density at radius 1 is 1.25 bits per heavy atom. The molecule has 1 amide bonds. The molecule has 3 rings (SSSR count). The van der Waals surface area contributed by atoms with Gasteiger partial charge < -0.3 is 9.80 Å². The fourth-order valence-corrected chi connectivity index (χ4v) is 2.89. The van der Waals surface area contributed by atoms with Crippen LogP contribution in [0.2, 0.25) is 0 Å². The van der Waals surface area contributed by atoms with E-state index in [1.54, 1.807) is 19.0 Å². The summed E-state index contributed by atoms with van der Waals surface area (Å²) in [6.45, 7) is 0.820. The largest absolute Gasteiger partial charge is 0.355 e. The molecular weight excluding hydrogens is 326 g/mol. The highest BCUT2D eigenvalue weighted by atomic mass is 32.1. The molecule has 3 aromatic rings. The average molecular weight is 343 g/mol. The van der Waals surface area contributed by atoms with Crippen molar-refractivity contribution in [2.45, 2.75) is 6.54 Å². The van der Waals surface area contributed by atoms with Gasteiger partial charge in [0.15, 0.2) is 0 Å². The SMILES string of the molecule is CN(C)C(=O)CN(Cc1nc(-c2nn[nH]n2)cs1)c1ccccc1. The second kappa shape index (κ2) is 7.18. The molecule has 0 saturated heterocycles. The fourth-order valence-electron chi connectivity index (χ4n) is 2.10. The topological polar surface area (TPSA) is 90.9 Å². The van der Waals surface area contributed by atoms with Crippen molar-refractivity contribution in [1.82, 2.24) is 30.5 Å². The summed E-state index contributed by atoms with van der Waals surface area (Å²) in [6, 6.07) is 9.82. The van der Waals surface area contributed by atoms with E-state index in [1.165, 1.54) is 11.3 Å². The second-order valence-electron chi connectivity index (χ2n) is 5.34. The third-order valence-corrected chi connectivity index (χ3v) is 4.23. The van der Waals surface area contributed by atoms with Crippen LogP contribution in [0.15, 0.2) is 35.7 Å². The minimum absolute atomic E-state index is 0.0359. The normalized spacial score (nSPS) is 10.6. The third-order valence-electron chi connectivity index (χ3n) is 3.40. The van der Waals surface area contributed by atoms with Gasteiger partial charge in [-0.3, -0.25) is 4.79 Å². The molecule has 0 spiro atoms. The fraction of sp³-hybridized carbons (Fsp3) is 0.267. The van der Waals surface area contributed by atoms with Crippen molar-refractivity contribution in [1.29, 1.82) is 0 Å². The van der Waals surface area contributed by atoms with Gasteiger partial charge >= 0.3 is 0 Å². The summed E-state index contributed by atoms with van der Waals surface area (Å²) in [5.74, 6) is 0.502. The first kappa shape index (κ1) is 16.1. The summed E-state index contributed by atoms with van der Waals surface area (Å²) < 4.78 is 0. The van der Waals surface area contributed by atoms with Crippen molar-refractivity contribution < 1.29 is 4.79 Å². The second-order valence-corrected chi connectivity index (χ2v) is 6.28. The zero-order valence-corrected chi connectivity index (χ0v) is 14.2. The maximum atomic E-state index is 12.1. The molecule has 0 aliphatic rings. The van der Waals surface area contributed by atoms with Crippen LogP contribution in [0, 0.1) is 0 Å². The Kier molecular flexibility index (Phi) is 4.80. The summed E-state index contributed by atoms with van der Waals surface area (Å²) in [5, 5.41) is 16.6. The van der Waals surface area contributed by atoms with Crippen molar-refractivity contribution in [3.05, 3.63) is 40.7 Å². The minimum atomic E-state index is 0.0359. The van der Waals surface area contributed by atoms with Gasteiger partial charge in [-0.25, -0.2) is 4.98 Å². The molecule has 0 aliphatic heterocycles. The lowest BCUT2D eigenvalue weighted by Crippen LogP contribution is -2.36. The number of para-hydroxylation sites is 1. The number of tetrazole rings is 1. The Morgan fingerprint density at radius 3 is 2.71 bits per heavy atom. The predicted molar refractivity (Wildman–Crippen MR) is 91.5 cm³/mol. The Labute approximate surface area is 143 Å². The van der Waals surface area contributed by atoms with Gasteiger partial charge in [0.25, 0.3) is 0 Å². The van der Waals surface area contributed by atoms with Gasteiger partial charge in [0.1, 0.15) is 10.7 Å². The Bertz CT molecular complexity index is 785. The lowest BCUT2D eigenvalue weighted by Gasteiger charge is -2.24. The number of nitrogens with zero attached hydrogens (tertiary/aromatic N) is 6. The molecule has 2 heterocycles. The standard InChI is InChI=1S/C15H17N7OS/c1-21(2)14(23)9-22(11-6-4-3-5-7-11)8-13-16-12(10-24-13)15-17-19-20-18-15/h3-7,10H,8-9H2,1-2H3,(H,17,18,19,20). The van der Waals surface area contributed by atoms with Crippen LogP contribution < -0.4 is 4.90 Å². The zero-order valence-electron chi connectivity index (χ0n) is 13.4. The van der Waals surface area contributed by atoms with Gasteiger partial charge in [-0.15, -0.1) is 21.5 Å². The molecule has 1 aromatic carbocycles. The summed E-state index contributed by atoms with van der Waals surface area (Å²) in [6.07, 6.45) is 0. The van der Waals surface area contributed by atoms with Crippen LogP contribution in [-0.4, -0.2) is 57.1 Å². The summed E-state index contributed by atoms with van der Waals surface area (Å²) in [5.41, 5.74) is 1.65. The number of aromatic nitrogens is 5. The molecule has 0 radical (unpaired) electrons. The maximum absolute atomic E-state index is 12.1. The summed E-state index contributed by atoms with van der Waals surface area (Å²) in [7, 11) is 3.51. The quantitative estimate of drug-likeness (QED) is 0.728. The molecule has 8 nitrogen and oxygen atoms in total. The monoisotopic (exact) mass is 343 g/mol. The van der Waals surface area contributed by atoms with Crippen LogP contribution in [0.3, 0.4) is 0 Å². The van der Waals surface area contributed by atoms with Crippen LogP contribution in [0.5, 0.6) is 0 Å². The minimum Gasteiger partial charge on any atom is -0.355 e. The highest BCUT2D eigenvalue weighted by Crippen LogP contribution is 2.22. The number of amides is 1. The van der Waals surface area contributed by atoms with Crippen LogP contribution in [-0.2, 0) is 11.3 Å². The highest BCUT2D eigenvalue weighted by molar-refractivity contribution is 7.09. The van der Waals surface area contributed by atoms with E-state index in [0.29, 0.717) is 18.1 Å². The number of aromatic amines is 1. The van der Waals surface area contributed by atoms with Gasteiger partial charge in [0.2, 0.25) is 11.7 Å². The molecule has 124 valence electrons. The lowest BCUT2D eigenvalue weighted by molar-refractivity contribution is -0.127. The van der Waals surface area contributed by atoms with Crippen LogP contribution in [0.25, 0.3) is 11.5 Å². The first-order chi connectivity index (χ1) is 11.6. The van der Waals surface area contributed by atoms with Gasteiger partial charge in [-0.05, 0) is 17.3 Å². The van der Waals surface area contributed by atoms with Crippen LogP contribution in [0.4, 0.5) is 5.69 Å². The zero-order chi connectivity index (χ0) is 16.9. The highest BCUT2D eigenvalue weighted by Gasteiger charge is 2.16. The molecule has 1 N–H and O–H groups in total. The number of benzene rings is 1. The Morgan fingerprint density at radius 2 is 2.04 bits per heavy atom. The molecule has 0 unspecified atom stereocenters. The van der Waals surface area contributed by atoms with Crippen molar-refractivity contribution in [3.8, 4) is 11.5 Å². The number of hydrogen-bond acceptors (Lipinski definition) is 7. The maximum Gasteiger partial charge on any atom is 0.241 e. The van der Waals surface area contributed by atoms with Crippen molar-refractivity contribution >= 4 is 22.9 Å². The summed E-state index contributed by atoms with van der Waals surface area (Å²) >= 11 is 1.51. The number of hydrogen-bond donors (Lipinski definition) is 1. The van der Waals surface area contributed by atoms with Crippen molar-refractivity contribution in [2.24, 2.45) is 0 Å². The van der Waals surface area contributed by atoms with E-state index in [0.717, 1.165) is 10.7 Å². The molecular formula is C15H17N7OS. The van der Waals surface area contributed by atoms with E-state index in [4.69, 9.17) is 0 Å². The molecule has 2 aromatic heterocycles. The van der Waals surface area contributed by atoms with Gasteiger partial charge in [-0.2, -0.15) is 5.21 Å². The smallest absolute Gasteiger partial charge is 0.241 e. The van der Waals surface area contributed by atoms with Crippen molar-refractivity contribution in [3.63, 3.8) is 0 Å². The third kappa shape index (κ3) is 3.74. The number of rotatable bonds is 6. The Balaban J connectivity index is 1.80. The van der Waals surface area contributed by atoms with E-state index >= 15 is 0 Å². The number of H-pyrrole nitrogens is 1. The van der Waals surface area contributed by atoms with E-state index in [9.17, 15) is 4.79 Å². The molecule has 0 saturated carbocycles. The first-order valence-corrected chi connectivity index (χ1v) is 8.20. The number of nitrogens with one attached hydrogen (secondary N) is 1. The van der Waals surface area contributed by atoms with E-state index < -0.39 is 0 Å². The van der Waals surface area contributed by atoms with Crippen LogP contribution in [0.1, 0.15) is 5.01 Å². The van der Waals surface area contributed by atoms with Crippen molar-refractivity contribution in [2.75, 3.05) is 25.5 Å². The number of likely N-dealkylation sites (N-methyl/N-ethyl adjacent to an activating group) is 1. The van der Waals surface area contributed by atoms with Gasteiger partial charge in [0.05, 0.1) is 13.1 Å². The molecule has 0 fully saturated rings. The number of thiazole rings is 1. The van der Waals surface area contributed by atoms with Crippen LogP contribution >= 0.6 is 11.3 Å². The molecule has 0 atom stereocenters. The molecule has 0 bridgehead atoms. The molecule has 24 heavy (non-hydrogen) atoms. The molecule has 9 heteroatoms. The van der Waals surface area contributed by atoms with Gasteiger partial charge in [0, 0.05) is 25.2 Å². The number of carbonyl (C=O) groups excluding carboxylic acids is 1. The van der Waals surface area contributed by atoms with E-state index in [-0.39, 0.29) is 12.5 Å². The average Bonchev–Trinajstić information content (AvgIpc) is 3.26. The van der Waals surface area contributed by atoms with E-state index in [1.807, 2.05) is 40.6 Å². The number of anilines is 1. The Hall–Kier alpha value is -2.81. The van der Waals surface area contributed by atoms with Gasteiger partial charge in [-0.1, -0.05) is 18.2 Å². The molecule has 0 aliphatic carbocycles.